The molecule has 0 fully saturated rings. The molecular weight excluding hydrogens is 210 g/mol. The van der Waals surface area contributed by atoms with E-state index in [1.165, 1.54) is 11.3 Å². The lowest BCUT2D eigenvalue weighted by molar-refractivity contribution is 0.112. The summed E-state index contributed by atoms with van der Waals surface area (Å²) in [5.74, 6) is 0. The van der Waals surface area contributed by atoms with Crippen molar-refractivity contribution in [3.8, 4) is 0 Å². The molecule has 1 heterocycles. The number of aldehydes is 1. The summed E-state index contributed by atoms with van der Waals surface area (Å²) >= 11 is 4.95. The Morgan fingerprint density at radius 3 is 3.25 bits per heavy atom. The van der Waals surface area contributed by atoms with Gasteiger partial charge < -0.3 is 5.11 Å². The molecule has 1 rings (SSSR count). The molecule has 0 aliphatic heterocycles. The molecule has 1 aromatic heterocycles. The van der Waals surface area contributed by atoms with Crippen LogP contribution in [-0.4, -0.2) is 20.4 Å². The van der Waals surface area contributed by atoms with Crippen LogP contribution in [0, 0.1) is 0 Å². The molecule has 0 aliphatic rings. The van der Waals surface area contributed by atoms with Gasteiger partial charge in [0.1, 0.15) is 0 Å². The number of aliphatic hydroxyl groups excluding tert-OH is 1. The topological polar surface area (TPSA) is 37.3 Å². The summed E-state index contributed by atoms with van der Waals surface area (Å²) in [4.78, 5) is 10.8. The first kappa shape index (κ1) is 8.76. The summed E-state index contributed by atoms with van der Waals surface area (Å²) in [6.45, 7) is 0.254. The third-order valence-electron chi connectivity index (χ3n) is 0.957. The van der Waals surface area contributed by atoms with E-state index in [0.717, 1.165) is 11.8 Å². The van der Waals surface area contributed by atoms with Crippen molar-refractivity contribution in [2.24, 2.45) is 0 Å². The van der Waals surface area contributed by atoms with Crippen LogP contribution < -0.4 is 0 Å². The molecule has 6 heteroatoms. The van der Waals surface area contributed by atoms with Crippen molar-refractivity contribution in [1.29, 1.82) is 2.77 Å². The Kier molecular flexibility index (Phi) is 5.70. The average Bonchev–Trinajstić information content (AvgIpc) is 2.52. The lowest BCUT2D eigenvalue weighted by atomic mass is 10.3. The van der Waals surface area contributed by atoms with Gasteiger partial charge in [-0.25, -0.2) is 12.5 Å². The Morgan fingerprint density at radius 2 is 2.83 bits per heavy atom. The van der Waals surface area contributed by atoms with E-state index in [2.05, 4.69) is 26.7 Å². The van der Waals surface area contributed by atoms with Gasteiger partial charge in [0, 0.05) is 0 Å². The Bertz CT molecular complexity index is 269. The Labute approximate surface area is 86.9 Å². The summed E-state index contributed by atoms with van der Waals surface area (Å²) in [7, 11) is 2.19. The summed E-state index contributed by atoms with van der Waals surface area (Å²) < 4.78 is 12.8. The Morgan fingerprint density at radius 1 is 2.17 bits per heavy atom. The number of hydrogen-bond acceptors (Lipinski definition) is 4. The normalized spacial score (nSPS) is 10.5. The zero-order chi connectivity index (χ0) is 11.0. The van der Waals surface area contributed by atoms with Crippen molar-refractivity contribution < 1.29 is 9.90 Å². The molecule has 1 aromatic rings. The molecule has 0 radical (unpaired) electrons. The highest BCUT2D eigenvalue weighted by Gasteiger charge is 1.94. The molecule has 1 unspecified atom stereocenters. The smallest absolute Gasteiger partial charge is 0.211 e. The number of rotatable bonds is 3. The van der Waals surface area contributed by atoms with Crippen LogP contribution in [0.1, 0.15) is 15.2 Å². The number of thiol groups is 1. The number of aliphatic hydroxyl groups is 1. The molecule has 0 saturated carbocycles. The molecule has 2 nitrogen and oxygen atoms in total. The fraction of sp³-hybridized carbons (Fsp3) is 0.167. The standard InChI is InChI=1S/C6H6O2S.BH4PS/c7-2-5-1-6(3-8)9-4-5;2-1-3/h1,3-4,7H,2H2;1,3H,2H2/i7T;1D. The van der Waals surface area contributed by atoms with Crippen molar-refractivity contribution >= 4 is 45.5 Å². The number of hydrogen-bond donors (Lipinski definition) is 2. The first-order chi connectivity index (χ1) is 6.60. The third kappa shape index (κ3) is 4.93. The van der Waals surface area contributed by atoms with Gasteiger partial charge in [-0.1, -0.05) is 0 Å². The Hall–Kier alpha value is 0.175. The molecule has 1 atom stereocenters. The molecule has 0 spiro atoms. The summed E-state index contributed by atoms with van der Waals surface area (Å²) in [6.07, 6.45) is 0.484. The second-order valence-electron chi connectivity index (χ2n) is 1.77. The highest BCUT2D eigenvalue weighted by Crippen LogP contribution is 2.11. The minimum Gasteiger partial charge on any atom is -0.392 e. The van der Waals surface area contributed by atoms with Crippen molar-refractivity contribution in [1.82, 2.24) is 0 Å². The first-order valence-corrected chi connectivity index (χ1v) is 5.13. The predicted molar refractivity (Wildman–Crippen MR) is 61.5 cm³/mol. The molecule has 0 amide bonds. The van der Waals surface area contributed by atoms with Gasteiger partial charge in [0.2, 0.25) is 7.67 Å². The lowest BCUT2D eigenvalue weighted by Gasteiger charge is -1.79. The number of carbonyl (C=O) groups is 1. The van der Waals surface area contributed by atoms with Crippen molar-refractivity contribution in [3.63, 3.8) is 0 Å². The molecule has 0 aromatic carbocycles. The zero-order valence-electron chi connectivity index (χ0n) is 8.27. The molecular formula is C6H10BO2PS2. The maximum Gasteiger partial charge on any atom is 0.211 e. The lowest BCUT2D eigenvalue weighted by Crippen LogP contribution is -1.74. The second kappa shape index (κ2) is 7.81. The van der Waals surface area contributed by atoms with Crippen LogP contribution in [0.2, 0.25) is 0 Å². The maximum absolute atomic E-state index is 10.1. The minimum absolute atomic E-state index is 0.254. The van der Waals surface area contributed by atoms with Gasteiger partial charge in [-0.3, -0.25) is 4.79 Å². The zero-order valence-corrected chi connectivity index (χ0v) is 9.13. The summed E-state index contributed by atoms with van der Waals surface area (Å²) in [6, 6.07) is 1.71. The highest BCUT2D eigenvalue weighted by atomic mass is 32.1. The van der Waals surface area contributed by atoms with Gasteiger partial charge in [0.15, 0.2) is 6.29 Å². The van der Waals surface area contributed by atoms with Crippen molar-refractivity contribution in [3.05, 3.63) is 21.9 Å². The van der Waals surface area contributed by atoms with E-state index in [4.69, 9.17) is 2.77 Å². The number of carbonyl (C=O) groups excluding carboxylic acids is 1. The van der Waals surface area contributed by atoms with Crippen LogP contribution in [0.4, 0.5) is 0 Å². The largest absolute Gasteiger partial charge is 0.392 e. The van der Waals surface area contributed by atoms with Gasteiger partial charge in [-0.15, -0.1) is 11.3 Å². The van der Waals surface area contributed by atoms with E-state index < -0.39 is 0 Å². The van der Waals surface area contributed by atoms with E-state index >= 15 is 0 Å². The van der Waals surface area contributed by atoms with E-state index in [1.54, 1.807) is 11.4 Å². The SMILES string of the molecule is [2H]B(P)S.[3H]OCc1csc(C=O)c1. The number of thiophene rings is 1. The quantitative estimate of drug-likeness (QED) is 0.348. The van der Waals surface area contributed by atoms with E-state index in [-0.39, 0.29) is 12.8 Å². The van der Waals surface area contributed by atoms with E-state index in [0.29, 0.717) is 4.88 Å². The van der Waals surface area contributed by atoms with E-state index in [1.807, 2.05) is 0 Å². The molecule has 1 N–H and O–H groups in total. The minimum atomic E-state index is -0.306. The van der Waals surface area contributed by atoms with Crippen LogP contribution in [-0.2, 0) is 6.61 Å². The first-order valence-electron chi connectivity index (χ1n) is 4.05. The van der Waals surface area contributed by atoms with Gasteiger partial charge in [0.05, 0.1) is 11.5 Å². The van der Waals surface area contributed by atoms with Crippen LogP contribution >= 0.6 is 32.9 Å². The van der Waals surface area contributed by atoms with Crippen LogP contribution in [0.25, 0.3) is 0 Å². The highest BCUT2D eigenvalue weighted by molar-refractivity contribution is 8.20. The predicted octanol–water partition coefficient (Wildman–Crippen LogP) is 1.11. The molecule has 0 aliphatic carbocycles. The van der Waals surface area contributed by atoms with Crippen LogP contribution in [0.15, 0.2) is 11.4 Å². The van der Waals surface area contributed by atoms with Gasteiger partial charge in [0.25, 0.3) is 0 Å². The molecule has 0 bridgehead atoms. The maximum atomic E-state index is 10.1. The van der Waals surface area contributed by atoms with Gasteiger partial charge in [-0.2, -0.15) is 9.12 Å². The monoisotopic (exact) mass is 223 g/mol. The van der Waals surface area contributed by atoms with Crippen molar-refractivity contribution in [2.45, 2.75) is 6.61 Å². The van der Waals surface area contributed by atoms with E-state index in [9.17, 15) is 4.79 Å². The van der Waals surface area contributed by atoms with Crippen LogP contribution in [0.3, 0.4) is 0 Å². The van der Waals surface area contributed by atoms with Crippen LogP contribution in [0.5, 0.6) is 0 Å². The second-order valence-corrected chi connectivity index (χ2v) is 3.90. The van der Waals surface area contributed by atoms with Gasteiger partial charge >= 0.3 is 0 Å². The molecule has 66 valence electrons. The van der Waals surface area contributed by atoms with Gasteiger partial charge in [-0.05, 0) is 18.3 Å². The Balaban J connectivity index is 0.000000364. The summed E-state index contributed by atoms with van der Waals surface area (Å²) in [5.41, 5.74) is 0.877. The average molecular weight is 223 g/mol. The summed E-state index contributed by atoms with van der Waals surface area (Å²) in [5, 5.41) is 5.93. The third-order valence-corrected chi connectivity index (χ3v) is 1.86. The van der Waals surface area contributed by atoms with Crippen molar-refractivity contribution in [2.75, 3.05) is 0 Å². The molecule has 12 heavy (non-hydrogen) atoms. The molecule has 0 saturated heterocycles. The fourth-order valence-electron chi connectivity index (χ4n) is 0.532. The fourth-order valence-corrected chi connectivity index (χ4v) is 1.23.